The number of ketones is 3. The van der Waals surface area contributed by atoms with Crippen molar-refractivity contribution in [1.82, 2.24) is 0 Å². The van der Waals surface area contributed by atoms with Crippen LogP contribution in [-0.4, -0.2) is 85.2 Å². The molecule has 0 heterocycles. The van der Waals surface area contributed by atoms with E-state index in [0.717, 1.165) is 154 Å². The van der Waals surface area contributed by atoms with Crippen LogP contribution in [0, 0.1) is 44.8 Å². The lowest BCUT2D eigenvalue weighted by molar-refractivity contribution is -0.115. The smallest absolute Gasteiger partial charge is 0.429 e. The quantitative estimate of drug-likeness (QED) is 0.00877. The van der Waals surface area contributed by atoms with Crippen molar-refractivity contribution in [2.24, 2.45) is 44.8 Å². The third kappa shape index (κ3) is 21.3. The van der Waals surface area contributed by atoms with Gasteiger partial charge < -0.3 is 34.1 Å². The number of allylic oxidation sites excluding steroid dienone is 7. The third-order valence-electron chi connectivity index (χ3n) is 29.8. The van der Waals surface area contributed by atoms with Crippen LogP contribution < -0.4 is 0 Å². The molecule has 10 unspecified atom stereocenters. The van der Waals surface area contributed by atoms with Crippen LogP contribution in [0.1, 0.15) is 231 Å². The molecule has 693 valence electrons. The predicted molar refractivity (Wildman–Crippen MR) is 543 cm³/mol. The number of fused-ring (bicyclic) bond motifs is 3. The Morgan fingerprint density at radius 2 is 0.644 bits per heavy atom. The molecular formula is C120H144BO11. The van der Waals surface area contributed by atoms with Crippen LogP contribution in [0.3, 0.4) is 0 Å². The topological polar surface area (TPSA) is 166 Å². The largest absolute Gasteiger partial charge is 0.485 e. The maximum absolute atomic E-state index is 13.1. The minimum absolute atomic E-state index is 0. The van der Waals surface area contributed by atoms with Gasteiger partial charge in [-0.15, -0.1) is 13.2 Å². The van der Waals surface area contributed by atoms with E-state index in [2.05, 4.69) is 177 Å². The number of carbonyl (C=O) groups excluding carboxylic acids is 4. The Morgan fingerprint density at radius 3 is 0.886 bits per heavy atom. The number of hydrogen-bond acceptors (Lipinski definition) is 11. The van der Waals surface area contributed by atoms with Gasteiger partial charge in [0.2, 0.25) is 0 Å². The van der Waals surface area contributed by atoms with Gasteiger partial charge in [0.05, 0.1) is 18.8 Å². The molecule has 0 spiro atoms. The molecule has 0 bridgehead atoms. The lowest BCUT2D eigenvalue weighted by Gasteiger charge is -2.45. The van der Waals surface area contributed by atoms with Crippen molar-refractivity contribution in [2.75, 3.05) is 26.4 Å². The van der Waals surface area contributed by atoms with E-state index in [9.17, 15) is 29.4 Å². The van der Waals surface area contributed by atoms with Gasteiger partial charge in [0, 0.05) is 82.9 Å². The van der Waals surface area contributed by atoms with E-state index in [1.165, 1.54) is 16.7 Å². The van der Waals surface area contributed by atoms with E-state index in [-0.39, 0.29) is 45.0 Å². The molecule has 10 atom stereocenters. The average Bonchev–Trinajstić information content (AvgIpc) is 1.59. The predicted octanol–water partition coefficient (Wildman–Crippen LogP) is 26.8. The summed E-state index contributed by atoms with van der Waals surface area (Å²) in [4.78, 5) is 49.1. The van der Waals surface area contributed by atoms with E-state index in [4.69, 9.17) is 23.9 Å². The number of aliphatic hydroxyl groups excluding tert-OH is 2. The van der Waals surface area contributed by atoms with Crippen molar-refractivity contribution < 1.29 is 53.3 Å². The highest BCUT2D eigenvalue weighted by atomic mass is 16.5. The zero-order valence-corrected chi connectivity index (χ0v) is 77.3. The Kier molecular flexibility index (Phi) is 37.0. The first-order chi connectivity index (χ1) is 62.2. The van der Waals surface area contributed by atoms with Crippen LogP contribution in [0.15, 0.2) is 380 Å². The number of ether oxygens (including phenoxy) is 3. The molecule has 9 aromatic rings. The molecule has 15 rings (SSSR count). The molecule has 0 saturated heterocycles. The number of Topliss-reactive ketones (excluding diaryl/α,β-unsaturated/α-hetero) is 3. The number of rotatable bonds is 34. The van der Waals surface area contributed by atoms with E-state index in [1.54, 1.807) is 0 Å². The molecule has 3 saturated carbocycles. The van der Waals surface area contributed by atoms with E-state index in [1.807, 2.05) is 210 Å². The molecule has 3 N–H and O–H groups in total. The fourth-order valence-corrected chi connectivity index (χ4v) is 21.3. The molecule has 3 fully saturated rings. The Labute approximate surface area is 790 Å². The summed E-state index contributed by atoms with van der Waals surface area (Å²) in [6, 6.07) is 93.0. The second-order valence-electron chi connectivity index (χ2n) is 37.0. The molecule has 6 aliphatic carbocycles. The van der Waals surface area contributed by atoms with Gasteiger partial charge in [-0.05, 0) is 189 Å². The van der Waals surface area contributed by atoms with Gasteiger partial charge in [0.1, 0.15) is 23.1 Å². The number of carbonyl (C=O) groups is 4. The number of aliphatic hydroxyl groups is 2. The molecule has 0 aromatic heterocycles. The molecule has 6 aliphatic rings. The highest BCUT2D eigenvalue weighted by Gasteiger charge is 2.55. The first-order valence-corrected chi connectivity index (χ1v) is 46.2. The number of hydrogen-bond donors (Lipinski definition) is 3. The van der Waals surface area contributed by atoms with Crippen LogP contribution in [0.2, 0.25) is 0 Å². The van der Waals surface area contributed by atoms with Crippen LogP contribution in [0.5, 0.6) is 0 Å². The van der Waals surface area contributed by atoms with E-state index in [0.29, 0.717) is 89.5 Å². The lowest BCUT2D eigenvalue weighted by atomic mass is 9.61. The third-order valence-corrected chi connectivity index (χ3v) is 29.8. The molecule has 132 heavy (non-hydrogen) atoms. The zero-order valence-electron chi connectivity index (χ0n) is 77.3. The SMILES string of the molecule is C.C.C.C/C(=C\CO[B]O)CCOC(c1ccccc1)(c1ccccc1)c1ccccc1.C=C(C=O)C12CCC(=O)C1=C(C)C(C)CC2.C=CC(C)(CCOC(c1ccccc1)(c1ccccc1)c1ccccc1)C(O)C(=C)C12CCC(=O)C1=C(C)C(C)CC2.C=CC(C)(CCOC(c1ccccc1)(c1ccccc1)c1ccccc1)C(O)C(=C)C12CCC(=O)C1=C(C)C(C)CC2. The highest BCUT2D eigenvalue weighted by Crippen LogP contribution is 2.61. The van der Waals surface area contributed by atoms with Crippen molar-refractivity contribution in [1.29, 1.82) is 0 Å². The van der Waals surface area contributed by atoms with Gasteiger partial charge in [0.15, 0.2) is 17.3 Å². The number of aldehydes is 1. The van der Waals surface area contributed by atoms with Gasteiger partial charge in [-0.2, -0.15) is 0 Å². The monoisotopic (exact) mass is 1770 g/mol. The molecule has 12 heteroatoms. The average molecular weight is 1770 g/mol. The molecule has 1 radical (unpaired) electrons. The van der Waals surface area contributed by atoms with Crippen molar-refractivity contribution >= 4 is 31.3 Å². The summed E-state index contributed by atoms with van der Waals surface area (Å²) >= 11 is 0. The highest BCUT2D eigenvalue weighted by molar-refractivity contribution is 6.15. The Hall–Kier alpha value is -10.9. The van der Waals surface area contributed by atoms with Gasteiger partial charge >= 0.3 is 7.69 Å². The van der Waals surface area contributed by atoms with Crippen molar-refractivity contribution in [3.63, 3.8) is 0 Å². The first-order valence-electron chi connectivity index (χ1n) is 46.2. The maximum Gasteiger partial charge on any atom is 0.485 e. The minimum atomic E-state index is -0.861. The summed E-state index contributed by atoms with van der Waals surface area (Å²) in [5, 5.41) is 32.6. The van der Waals surface area contributed by atoms with Crippen LogP contribution in [0.25, 0.3) is 0 Å². The van der Waals surface area contributed by atoms with Crippen LogP contribution in [0.4, 0.5) is 0 Å². The molecular weight excluding hydrogens is 1630 g/mol. The maximum atomic E-state index is 13.1. The Bertz CT molecular complexity index is 4980. The summed E-state index contributed by atoms with van der Waals surface area (Å²) in [6.45, 7) is 41.7. The van der Waals surface area contributed by atoms with Gasteiger partial charge in [-0.1, -0.05) is 390 Å². The van der Waals surface area contributed by atoms with Gasteiger partial charge in [-0.25, -0.2) is 0 Å². The van der Waals surface area contributed by atoms with Crippen LogP contribution in [-0.2, 0) is 54.8 Å². The minimum Gasteiger partial charge on any atom is -0.429 e. The second kappa shape index (κ2) is 46.7. The standard InChI is InChI=1S/2C39H44O3.C25H26BO3.C14H18O2.3CH4/c2*1-6-37(5,36(41)30(4)38-24-22-28(2)29(3)35(38)34(40)23-25-38)26-27-42-39(31-16-10-7-11-17-31,32-18-12-8-13-19-32)33-20-14-9-15-21-33;1-21(18-20-29-26-27)17-19-28-25(22-11-5-2-6-12-22,23-13-7-3-8-14-23)24-15-9-4-10-16-24;1-9-4-6-14(10(2)8-15)7-5-12(16)13(14)11(9)3;;;/h2*6-21,28,36,41H,1,4,22-27H2,2-3,5H3;2-16,18,27H,17,19-20H2,1H3;8-9H,2,4-7H2,1,3H3;3*1H4/b;;21-18+;;;;. The van der Waals surface area contributed by atoms with Crippen molar-refractivity contribution in [2.45, 2.75) is 210 Å². The van der Waals surface area contributed by atoms with Crippen molar-refractivity contribution in [3.05, 3.63) is 430 Å². The summed E-state index contributed by atoms with van der Waals surface area (Å²) in [5.74, 6) is 1.88. The first kappa shape index (κ1) is 105. The van der Waals surface area contributed by atoms with Crippen molar-refractivity contribution in [3.8, 4) is 0 Å². The fourth-order valence-electron chi connectivity index (χ4n) is 21.3. The summed E-state index contributed by atoms with van der Waals surface area (Å²) in [7, 11) is 0.714. The summed E-state index contributed by atoms with van der Waals surface area (Å²) in [5.41, 5.74) is 14.0. The van der Waals surface area contributed by atoms with Gasteiger partial charge in [0.25, 0.3) is 0 Å². The van der Waals surface area contributed by atoms with E-state index >= 15 is 0 Å². The molecule has 0 aliphatic heterocycles. The van der Waals surface area contributed by atoms with E-state index < -0.39 is 50.7 Å². The zero-order chi connectivity index (χ0) is 92.2. The fraction of sp³-hybridized carbons (Fsp3) is 0.367. The molecule has 11 nitrogen and oxygen atoms in total. The number of benzene rings is 9. The normalized spacial score (nSPS) is 21.2. The molecule has 0 amide bonds. The van der Waals surface area contributed by atoms with Gasteiger partial charge in [-0.3, -0.25) is 19.2 Å². The second-order valence-corrected chi connectivity index (χ2v) is 37.0. The van der Waals surface area contributed by atoms with Crippen LogP contribution >= 0.6 is 0 Å². The summed E-state index contributed by atoms with van der Waals surface area (Å²) in [6.07, 6.45) is 16.1. The lowest BCUT2D eigenvalue weighted by Crippen LogP contribution is -2.42. The molecule has 9 aromatic carbocycles. The Balaban J connectivity index is 0.000000206. The summed E-state index contributed by atoms with van der Waals surface area (Å²) < 4.78 is 25.7. The Morgan fingerprint density at radius 1 is 0.409 bits per heavy atom.